The number of carbonyl (C=O) groups is 1. The molecule has 0 fully saturated rings. The van der Waals surface area contributed by atoms with E-state index in [1.165, 1.54) is 0 Å². The monoisotopic (exact) mass is 326 g/mol. The minimum atomic E-state index is -0.550. The first-order chi connectivity index (χ1) is 11.6. The van der Waals surface area contributed by atoms with E-state index in [1.54, 1.807) is 0 Å². The summed E-state index contributed by atoms with van der Waals surface area (Å²) in [6.07, 6.45) is 1.43. The van der Waals surface area contributed by atoms with Crippen LogP contribution in [0.15, 0.2) is 48.5 Å². The van der Waals surface area contributed by atoms with Crippen LogP contribution in [0.4, 0.5) is 10.5 Å². The summed E-state index contributed by atoms with van der Waals surface area (Å²) in [4.78, 5) is 12.0. The van der Waals surface area contributed by atoms with Gasteiger partial charge in [0, 0.05) is 5.69 Å². The van der Waals surface area contributed by atoms with Crippen LogP contribution >= 0.6 is 0 Å². The molecule has 24 heavy (non-hydrogen) atoms. The molecular weight excluding hydrogens is 304 g/mol. The van der Waals surface area contributed by atoms with Gasteiger partial charge in [-0.1, -0.05) is 36.4 Å². The van der Waals surface area contributed by atoms with E-state index >= 15 is 0 Å². The number of nitrogens with one attached hydrogen (secondary N) is 1. The molecule has 0 spiro atoms. The fourth-order valence-electron chi connectivity index (χ4n) is 2.98. The molecule has 5 nitrogen and oxygen atoms in total. The molecule has 2 atom stereocenters. The van der Waals surface area contributed by atoms with E-state index in [0.717, 1.165) is 29.5 Å². The number of nitrogens with two attached hydrogens (primary N) is 1. The Kier molecular flexibility index (Phi) is 5.13. The maximum atomic E-state index is 12.0. The number of fused-ring (bicyclic) bond motifs is 1. The number of aliphatic hydroxyl groups is 1. The summed E-state index contributed by atoms with van der Waals surface area (Å²) in [5.74, 6) is 0. The molecule has 0 unspecified atom stereocenters. The Morgan fingerprint density at radius 2 is 2.04 bits per heavy atom. The number of hydrogen-bond acceptors (Lipinski definition) is 4. The zero-order valence-electron chi connectivity index (χ0n) is 13.4. The van der Waals surface area contributed by atoms with Gasteiger partial charge in [-0.25, -0.2) is 4.79 Å². The molecule has 5 heteroatoms. The number of aryl methyl sites for hydroxylation is 1. The molecule has 0 aromatic heterocycles. The zero-order valence-corrected chi connectivity index (χ0v) is 13.4. The van der Waals surface area contributed by atoms with Crippen LogP contribution in [-0.2, 0) is 17.8 Å². The van der Waals surface area contributed by atoms with Gasteiger partial charge in [0.1, 0.15) is 6.61 Å². The summed E-state index contributed by atoms with van der Waals surface area (Å²) >= 11 is 0. The topological polar surface area (TPSA) is 84.6 Å². The Morgan fingerprint density at radius 3 is 2.83 bits per heavy atom. The number of anilines is 1. The van der Waals surface area contributed by atoms with Crippen LogP contribution in [0.2, 0.25) is 0 Å². The van der Waals surface area contributed by atoms with E-state index in [1.807, 2.05) is 48.5 Å². The van der Waals surface area contributed by atoms with Gasteiger partial charge in [0.25, 0.3) is 0 Å². The van der Waals surface area contributed by atoms with Gasteiger partial charge < -0.3 is 15.6 Å². The largest absolute Gasteiger partial charge is 0.444 e. The third kappa shape index (κ3) is 3.93. The lowest BCUT2D eigenvalue weighted by atomic mass is 9.98. The van der Waals surface area contributed by atoms with E-state index in [-0.39, 0.29) is 6.61 Å². The smallest absolute Gasteiger partial charge is 0.411 e. The van der Waals surface area contributed by atoms with Gasteiger partial charge in [0.05, 0.1) is 12.1 Å². The molecule has 1 aliphatic rings. The van der Waals surface area contributed by atoms with Crippen molar-refractivity contribution in [3.05, 3.63) is 65.2 Å². The molecule has 2 aromatic rings. The van der Waals surface area contributed by atoms with E-state index in [0.29, 0.717) is 12.1 Å². The van der Waals surface area contributed by atoms with Gasteiger partial charge in [-0.2, -0.15) is 0 Å². The highest BCUT2D eigenvalue weighted by Crippen LogP contribution is 2.29. The number of hydrogen-bond donors (Lipinski definition) is 3. The lowest BCUT2D eigenvalue weighted by Gasteiger charge is -2.19. The summed E-state index contributed by atoms with van der Waals surface area (Å²) < 4.78 is 5.22. The lowest BCUT2D eigenvalue weighted by Crippen LogP contribution is -2.25. The molecule has 0 aliphatic heterocycles. The van der Waals surface area contributed by atoms with Crippen molar-refractivity contribution in [3.8, 4) is 0 Å². The van der Waals surface area contributed by atoms with Crippen molar-refractivity contribution in [3.63, 3.8) is 0 Å². The third-order valence-electron chi connectivity index (χ3n) is 4.32. The Bertz CT molecular complexity index is 703. The molecule has 0 saturated heterocycles. The van der Waals surface area contributed by atoms with Crippen molar-refractivity contribution in [1.29, 1.82) is 0 Å². The zero-order chi connectivity index (χ0) is 16.9. The molecule has 0 heterocycles. The van der Waals surface area contributed by atoms with Gasteiger partial charge in [0.15, 0.2) is 0 Å². The number of ether oxygens (including phenoxy) is 1. The van der Waals surface area contributed by atoms with Gasteiger partial charge in [0.2, 0.25) is 0 Å². The van der Waals surface area contributed by atoms with E-state index in [4.69, 9.17) is 10.5 Å². The molecule has 0 saturated carbocycles. The second kappa shape index (κ2) is 7.47. The normalized spacial score (nSPS) is 19.9. The van der Waals surface area contributed by atoms with Gasteiger partial charge in [-0.05, 0) is 48.1 Å². The van der Waals surface area contributed by atoms with Crippen LogP contribution in [0.25, 0.3) is 0 Å². The fourth-order valence-corrected chi connectivity index (χ4v) is 2.98. The Labute approximate surface area is 141 Å². The number of aliphatic hydroxyl groups excluding tert-OH is 1. The van der Waals surface area contributed by atoms with Crippen molar-refractivity contribution >= 4 is 11.8 Å². The van der Waals surface area contributed by atoms with Crippen LogP contribution in [-0.4, -0.2) is 17.3 Å². The van der Waals surface area contributed by atoms with E-state index in [9.17, 15) is 9.90 Å². The molecule has 2 aromatic carbocycles. The minimum absolute atomic E-state index is 0.218. The molecule has 0 radical (unpaired) electrons. The van der Waals surface area contributed by atoms with E-state index < -0.39 is 18.2 Å². The average Bonchev–Trinajstić information content (AvgIpc) is 2.74. The molecule has 126 valence electrons. The standard InChI is InChI=1S/C19H22N2O3/c20-18-16-11-15(10-9-14(16)7-4-8-17(18)22)21-19(23)24-12-13-5-2-1-3-6-13/h1-3,5-6,9-11,17-18,22H,4,7-8,12,20H2,(H,21,23)/t17-,18+/m1/s1. The van der Waals surface area contributed by atoms with E-state index in [2.05, 4.69) is 5.32 Å². The van der Waals surface area contributed by atoms with Crippen molar-refractivity contribution < 1.29 is 14.6 Å². The maximum absolute atomic E-state index is 12.0. The molecule has 4 N–H and O–H groups in total. The summed E-state index contributed by atoms with van der Waals surface area (Å²) in [5, 5.41) is 12.8. The highest BCUT2D eigenvalue weighted by molar-refractivity contribution is 5.84. The average molecular weight is 326 g/mol. The van der Waals surface area contributed by atoms with Gasteiger partial charge >= 0.3 is 6.09 Å². The summed E-state index contributed by atoms with van der Waals surface area (Å²) in [6.45, 7) is 0.218. The number of rotatable bonds is 3. The third-order valence-corrected chi connectivity index (χ3v) is 4.32. The first kappa shape index (κ1) is 16.5. The summed E-state index contributed by atoms with van der Waals surface area (Å²) in [5.41, 5.74) is 9.70. The van der Waals surface area contributed by atoms with Crippen LogP contribution in [0.1, 0.15) is 35.6 Å². The highest BCUT2D eigenvalue weighted by Gasteiger charge is 2.23. The minimum Gasteiger partial charge on any atom is -0.444 e. The first-order valence-corrected chi connectivity index (χ1v) is 8.17. The van der Waals surface area contributed by atoms with Crippen LogP contribution in [0.3, 0.4) is 0 Å². The number of amides is 1. The molecular formula is C19H22N2O3. The fraction of sp³-hybridized carbons (Fsp3) is 0.316. The Morgan fingerprint density at radius 1 is 1.25 bits per heavy atom. The van der Waals surface area contributed by atoms with Crippen LogP contribution in [0, 0.1) is 0 Å². The van der Waals surface area contributed by atoms with Crippen molar-refractivity contribution in [1.82, 2.24) is 0 Å². The highest BCUT2D eigenvalue weighted by atomic mass is 16.5. The number of benzene rings is 2. The summed E-state index contributed by atoms with van der Waals surface area (Å²) in [6, 6.07) is 14.7. The Balaban J connectivity index is 1.65. The molecule has 1 amide bonds. The van der Waals surface area contributed by atoms with Gasteiger partial charge in [-0.15, -0.1) is 0 Å². The van der Waals surface area contributed by atoms with Crippen LogP contribution in [0.5, 0.6) is 0 Å². The van der Waals surface area contributed by atoms with Crippen molar-refractivity contribution in [2.75, 3.05) is 5.32 Å². The molecule has 3 rings (SSSR count). The lowest BCUT2D eigenvalue weighted by molar-refractivity contribution is 0.136. The summed E-state index contributed by atoms with van der Waals surface area (Å²) in [7, 11) is 0. The molecule has 1 aliphatic carbocycles. The first-order valence-electron chi connectivity index (χ1n) is 8.17. The number of carbonyl (C=O) groups excluding carboxylic acids is 1. The van der Waals surface area contributed by atoms with Gasteiger partial charge in [-0.3, -0.25) is 5.32 Å². The second-order valence-corrected chi connectivity index (χ2v) is 6.09. The van der Waals surface area contributed by atoms with Crippen molar-refractivity contribution in [2.24, 2.45) is 5.73 Å². The SMILES string of the molecule is N[C@H]1c2cc(NC(=O)OCc3ccccc3)ccc2CCC[C@H]1O. The quantitative estimate of drug-likeness (QED) is 0.757. The maximum Gasteiger partial charge on any atom is 0.411 e. The molecule has 0 bridgehead atoms. The van der Waals surface area contributed by atoms with Crippen LogP contribution < -0.4 is 11.1 Å². The Hall–Kier alpha value is -2.37. The second-order valence-electron chi connectivity index (χ2n) is 6.09. The van der Waals surface area contributed by atoms with Crippen molar-refractivity contribution in [2.45, 2.75) is 38.0 Å². The predicted molar refractivity (Wildman–Crippen MR) is 92.6 cm³/mol. The predicted octanol–water partition coefficient (Wildman–Crippen LogP) is 3.13.